The van der Waals surface area contributed by atoms with Crippen molar-refractivity contribution in [1.29, 1.82) is 0 Å². The first-order chi connectivity index (χ1) is 12.3. The van der Waals surface area contributed by atoms with E-state index >= 15 is 0 Å². The number of carbonyl (C=O) groups is 1. The molecule has 0 saturated heterocycles. The Kier molecular flexibility index (Phi) is 6.82. The van der Waals surface area contributed by atoms with Gasteiger partial charge in [-0.15, -0.1) is 0 Å². The number of benzene rings is 1. The van der Waals surface area contributed by atoms with Crippen molar-refractivity contribution in [1.82, 2.24) is 4.98 Å². The van der Waals surface area contributed by atoms with Crippen LogP contribution in [0.4, 0.5) is 17.2 Å². The van der Waals surface area contributed by atoms with Gasteiger partial charge < -0.3 is 10.1 Å². The highest BCUT2D eigenvalue weighted by atomic mass is 35.5. The molecule has 26 heavy (non-hydrogen) atoms. The molecule has 0 fully saturated rings. The number of nitrogens with zero attached hydrogens (tertiary/aromatic N) is 1. The summed E-state index contributed by atoms with van der Waals surface area (Å²) >= 11 is 6.13. The normalized spacial score (nSPS) is 11.0. The van der Waals surface area contributed by atoms with E-state index in [0.29, 0.717) is 34.2 Å². The fourth-order valence-electron chi connectivity index (χ4n) is 2.10. The Morgan fingerprint density at radius 3 is 2.65 bits per heavy atom. The predicted molar refractivity (Wildman–Crippen MR) is 103 cm³/mol. The van der Waals surface area contributed by atoms with Crippen LogP contribution in [0.25, 0.3) is 0 Å². The van der Waals surface area contributed by atoms with E-state index in [1.807, 2.05) is 6.92 Å². The van der Waals surface area contributed by atoms with E-state index in [2.05, 4.69) is 19.8 Å². The summed E-state index contributed by atoms with van der Waals surface area (Å²) in [5, 5.41) is 3.39. The highest BCUT2D eigenvalue weighted by Crippen LogP contribution is 2.26. The molecule has 0 aliphatic rings. The standard InChI is InChI=1S/C17H20ClN3O4S/c1-3-4-9-26(23,24)21-13-6-8-16(19-11-13)20-15-10-12(17(22)25-2)5-7-14(15)18/h5-8,10-11,21H,3-4,9H2,1-2H3,(H,19,20). The van der Waals surface area contributed by atoms with Gasteiger partial charge in [0.05, 0.1) is 41.0 Å². The highest BCUT2D eigenvalue weighted by Gasteiger charge is 2.11. The van der Waals surface area contributed by atoms with Gasteiger partial charge in [0.25, 0.3) is 0 Å². The summed E-state index contributed by atoms with van der Waals surface area (Å²) < 4.78 is 30.9. The van der Waals surface area contributed by atoms with Crippen molar-refractivity contribution in [2.75, 3.05) is 22.9 Å². The summed E-state index contributed by atoms with van der Waals surface area (Å²) in [6.45, 7) is 1.93. The number of methoxy groups -OCH3 is 1. The average Bonchev–Trinajstić information content (AvgIpc) is 2.62. The number of nitrogens with one attached hydrogen (secondary N) is 2. The van der Waals surface area contributed by atoms with E-state index in [0.717, 1.165) is 6.42 Å². The second kappa shape index (κ2) is 8.86. The van der Waals surface area contributed by atoms with Crippen molar-refractivity contribution >= 4 is 44.8 Å². The molecule has 2 aromatic rings. The van der Waals surface area contributed by atoms with Crippen LogP contribution in [-0.2, 0) is 14.8 Å². The van der Waals surface area contributed by atoms with Crippen LogP contribution in [0.1, 0.15) is 30.1 Å². The number of ether oxygens (including phenoxy) is 1. The van der Waals surface area contributed by atoms with Gasteiger partial charge in [-0.2, -0.15) is 0 Å². The van der Waals surface area contributed by atoms with Gasteiger partial charge in [0, 0.05) is 0 Å². The van der Waals surface area contributed by atoms with Gasteiger partial charge in [-0.25, -0.2) is 18.2 Å². The molecule has 1 heterocycles. The van der Waals surface area contributed by atoms with Gasteiger partial charge in [-0.05, 0) is 36.8 Å². The topological polar surface area (TPSA) is 97.4 Å². The molecule has 2 rings (SSSR count). The van der Waals surface area contributed by atoms with E-state index in [9.17, 15) is 13.2 Å². The Labute approximate surface area is 157 Å². The van der Waals surface area contributed by atoms with Crippen molar-refractivity contribution in [3.63, 3.8) is 0 Å². The van der Waals surface area contributed by atoms with Crippen molar-refractivity contribution in [3.8, 4) is 0 Å². The largest absolute Gasteiger partial charge is 0.465 e. The third-order valence-electron chi connectivity index (χ3n) is 3.45. The van der Waals surface area contributed by atoms with Crippen molar-refractivity contribution in [2.24, 2.45) is 0 Å². The molecule has 0 atom stereocenters. The number of anilines is 3. The van der Waals surface area contributed by atoms with Gasteiger partial charge in [0.2, 0.25) is 10.0 Å². The van der Waals surface area contributed by atoms with Gasteiger partial charge >= 0.3 is 5.97 Å². The molecular weight excluding hydrogens is 378 g/mol. The summed E-state index contributed by atoms with van der Waals surface area (Å²) in [7, 11) is -2.08. The Bertz CT molecular complexity index is 870. The van der Waals surface area contributed by atoms with Crippen LogP contribution in [0.15, 0.2) is 36.5 Å². The maximum absolute atomic E-state index is 11.9. The number of hydrogen-bond acceptors (Lipinski definition) is 6. The first-order valence-electron chi connectivity index (χ1n) is 7.96. The van der Waals surface area contributed by atoms with E-state index < -0.39 is 16.0 Å². The first kappa shape index (κ1) is 20.0. The van der Waals surface area contributed by atoms with E-state index in [4.69, 9.17) is 11.6 Å². The zero-order valence-corrected chi connectivity index (χ0v) is 16.0. The minimum atomic E-state index is -3.38. The molecule has 0 bridgehead atoms. The predicted octanol–water partition coefficient (Wildman–Crippen LogP) is 3.81. The lowest BCUT2D eigenvalue weighted by atomic mass is 10.2. The number of hydrogen-bond donors (Lipinski definition) is 2. The Morgan fingerprint density at radius 2 is 2.04 bits per heavy atom. The molecule has 0 saturated carbocycles. The van der Waals surface area contributed by atoms with Crippen LogP contribution in [-0.4, -0.2) is 32.2 Å². The summed E-state index contributed by atoms with van der Waals surface area (Å²) in [5.41, 5.74) is 1.21. The number of carbonyl (C=O) groups excluding carboxylic acids is 1. The molecule has 140 valence electrons. The van der Waals surface area contributed by atoms with Gasteiger partial charge in [0.15, 0.2) is 0 Å². The quantitative estimate of drug-likeness (QED) is 0.657. The molecule has 7 nitrogen and oxygen atoms in total. The lowest BCUT2D eigenvalue weighted by molar-refractivity contribution is 0.0601. The highest BCUT2D eigenvalue weighted by molar-refractivity contribution is 7.92. The smallest absolute Gasteiger partial charge is 0.337 e. The molecule has 0 unspecified atom stereocenters. The maximum atomic E-state index is 11.9. The molecule has 1 aromatic carbocycles. The molecule has 9 heteroatoms. The van der Waals surface area contributed by atoms with Crippen LogP contribution in [0.2, 0.25) is 5.02 Å². The monoisotopic (exact) mass is 397 g/mol. The van der Waals surface area contributed by atoms with Gasteiger partial charge in [-0.3, -0.25) is 4.72 Å². The lowest BCUT2D eigenvalue weighted by Gasteiger charge is -2.11. The molecule has 0 aliphatic heterocycles. The lowest BCUT2D eigenvalue weighted by Crippen LogP contribution is -2.16. The summed E-state index contributed by atoms with van der Waals surface area (Å²) in [6.07, 6.45) is 2.80. The minimum absolute atomic E-state index is 0.0689. The number of halogens is 1. The molecule has 0 radical (unpaired) electrons. The Morgan fingerprint density at radius 1 is 1.27 bits per heavy atom. The molecular formula is C17H20ClN3O4S. The zero-order chi connectivity index (χ0) is 19.2. The van der Waals surface area contributed by atoms with Crippen LogP contribution < -0.4 is 10.0 Å². The molecule has 1 aromatic heterocycles. The third-order valence-corrected chi connectivity index (χ3v) is 5.16. The van der Waals surface area contributed by atoms with Crippen molar-refractivity contribution in [2.45, 2.75) is 19.8 Å². The second-order valence-electron chi connectivity index (χ2n) is 5.52. The van der Waals surface area contributed by atoms with E-state index in [1.165, 1.54) is 13.3 Å². The molecule has 2 N–H and O–H groups in total. The Balaban J connectivity index is 2.11. The third kappa shape index (κ3) is 5.60. The van der Waals surface area contributed by atoms with Crippen LogP contribution in [0.5, 0.6) is 0 Å². The molecule has 0 amide bonds. The van der Waals surface area contributed by atoms with Crippen LogP contribution in [0, 0.1) is 0 Å². The number of pyridine rings is 1. The first-order valence-corrected chi connectivity index (χ1v) is 9.99. The van der Waals surface area contributed by atoms with E-state index in [1.54, 1.807) is 30.3 Å². The number of sulfonamides is 1. The van der Waals surface area contributed by atoms with E-state index in [-0.39, 0.29) is 5.75 Å². The second-order valence-corrected chi connectivity index (χ2v) is 7.77. The summed E-state index contributed by atoms with van der Waals surface area (Å²) in [4.78, 5) is 15.8. The SMILES string of the molecule is CCCCS(=O)(=O)Nc1ccc(Nc2cc(C(=O)OC)ccc2Cl)nc1. The van der Waals surface area contributed by atoms with Crippen LogP contribution >= 0.6 is 11.6 Å². The minimum Gasteiger partial charge on any atom is -0.465 e. The summed E-state index contributed by atoms with van der Waals surface area (Å²) in [5.74, 6) is 0.0410. The average molecular weight is 398 g/mol. The van der Waals surface area contributed by atoms with Crippen molar-refractivity contribution < 1.29 is 17.9 Å². The van der Waals surface area contributed by atoms with Gasteiger partial charge in [-0.1, -0.05) is 24.9 Å². The molecule has 0 spiro atoms. The number of aromatic nitrogens is 1. The number of esters is 1. The summed E-state index contributed by atoms with van der Waals surface area (Å²) in [6, 6.07) is 7.89. The van der Waals surface area contributed by atoms with Gasteiger partial charge in [0.1, 0.15) is 5.82 Å². The zero-order valence-electron chi connectivity index (χ0n) is 14.5. The van der Waals surface area contributed by atoms with Crippen molar-refractivity contribution in [3.05, 3.63) is 47.1 Å². The Hall–Kier alpha value is -2.32. The fourth-order valence-corrected chi connectivity index (χ4v) is 3.51. The van der Waals surface area contributed by atoms with Crippen LogP contribution in [0.3, 0.4) is 0 Å². The maximum Gasteiger partial charge on any atom is 0.337 e. The fraction of sp³-hybridized carbons (Fsp3) is 0.294. The number of rotatable bonds is 8. The molecule has 0 aliphatic carbocycles. The number of unbranched alkanes of at least 4 members (excludes halogenated alkanes) is 1.